The van der Waals surface area contributed by atoms with Crippen LogP contribution in [0.3, 0.4) is 0 Å². The van der Waals surface area contributed by atoms with Crippen molar-refractivity contribution < 1.29 is 4.79 Å². The number of anilines is 1. The van der Waals surface area contributed by atoms with Crippen LogP contribution >= 0.6 is 0 Å². The Morgan fingerprint density at radius 1 is 1.00 bits per heavy atom. The van der Waals surface area contributed by atoms with E-state index in [4.69, 9.17) is 0 Å². The molecule has 114 valence electrons. The Morgan fingerprint density at radius 2 is 1.86 bits per heavy atom. The van der Waals surface area contributed by atoms with Crippen molar-refractivity contribution in [1.82, 2.24) is 10.2 Å². The highest BCUT2D eigenvalue weighted by molar-refractivity contribution is 5.76. The van der Waals surface area contributed by atoms with Gasteiger partial charge in [-0.3, -0.25) is 9.69 Å². The summed E-state index contributed by atoms with van der Waals surface area (Å²) < 4.78 is 0. The Bertz CT molecular complexity index is 462. The van der Waals surface area contributed by atoms with Gasteiger partial charge in [0.1, 0.15) is 0 Å². The molecule has 2 fully saturated rings. The zero-order valence-corrected chi connectivity index (χ0v) is 12.6. The predicted octanol–water partition coefficient (Wildman–Crippen LogP) is 1.87. The van der Waals surface area contributed by atoms with Crippen molar-refractivity contribution in [3.05, 3.63) is 30.3 Å². The smallest absolute Gasteiger partial charge is 0.220 e. The van der Waals surface area contributed by atoms with Crippen LogP contribution in [0.5, 0.6) is 0 Å². The largest absolute Gasteiger partial charge is 0.370 e. The number of hydrogen-bond donors (Lipinski definition) is 1. The van der Waals surface area contributed by atoms with E-state index in [0.29, 0.717) is 12.5 Å². The predicted molar refractivity (Wildman–Crippen MR) is 85.5 cm³/mol. The van der Waals surface area contributed by atoms with Gasteiger partial charge in [-0.25, -0.2) is 0 Å². The minimum absolute atomic E-state index is 0.221. The maximum atomic E-state index is 11.5. The van der Waals surface area contributed by atoms with Gasteiger partial charge in [-0.15, -0.1) is 0 Å². The van der Waals surface area contributed by atoms with Crippen LogP contribution in [0, 0.1) is 0 Å². The van der Waals surface area contributed by atoms with Gasteiger partial charge in [0, 0.05) is 50.9 Å². The summed E-state index contributed by atoms with van der Waals surface area (Å²) in [6.07, 6.45) is 3.99. The quantitative estimate of drug-likeness (QED) is 0.902. The summed E-state index contributed by atoms with van der Waals surface area (Å²) in [7, 11) is 0. The third-order valence-electron chi connectivity index (χ3n) is 4.67. The van der Waals surface area contributed by atoms with Crippen LogP contribution < -0.4 is 10.2 Å². The number of benzene rings is 1. The van der Waals surface area contributed by atoms with Crippen LogP contribution in [0.15, 0.2) is 30.3 Å². The molecule has 2 saturated heterocycles. The molecule has 0 bridgehead atoms. The van der Waals surface area contributed by atoms with E-state index in [2.05, 4.69) is 45.4 Å². The van der Waals surface area contributed by atoms with E-state index in [-0.39, 0.29) is 5.91 Å². The third-order valence-corrected chi connectivity index (χ3v) is 4.67. The van der Waals surface area contributed by atoms with E-state index in [0.717, 1.165) is 45.6 Å². The lowest BCUT2D eigenvalue weighted by Gasteiger charge is -2.29. The summed E-state index contributed by atoms with van der Waals surface area (Å²) in [4.78, 5) is 16.6. The fourth-order valence-electron chi connectivity index (χ4n) is 3.47. The van der Waals surface area contributed by atoms with Crippen molar-refractivity contribution in [3.63, 3.8) is 0 Å². The molecule has 1 aromatic rings. The first-order chi connectivity index (χ1) is 10.3. The number of nitrogens with zero attached hydrogens (tertiary/aromatic N) is 2. The van der Waals surface area contributed by atoms with Gasteiger partial charge < -0.3 is 10.2 Å². The molecule has 2 heterocycles. The van der Waals surface area contributed by atoms with Gasteiger partial charge in [0.15, 0.2) is 0 Å². The highest BCUT2D eigenvalue weighted by atomic mass is 16.1. The highest BCUT2D eigenvalue weighted by Gasteiger charge is 2.24. The normalized spacial score (nSPS) is 25.0. The molecule has 21 heavy (non-hydrogen) atoms. The van der Waals surface area contributed by atoms with Crippen LogP contribution in [-0.4, -0.2) is 49.6 Å². The summed E-state index contributed by atoms with van der Waals surface area (Å²) in [5.74, 6) is 0.221. The summed E-state index contributed by atoms with van der Waals surface area (Å²) in [5, 5.41) is 2.99. The van der Waals surface area contributed by atoms with Crippen LogP contribution in [0.4, 0.5) is 5.69 Å². The second-order valence-electron chi connectivity index (χ2n) is 6.04. The number of amides is 1. The van der Waals surface area contributed by atoms with Crippen molar-refractivity contribution in [1.29, 1.82) is 0 Å². The highest BCUT2D eigenvalue weighted by Crippen LogP contribution is 2.19. The van der Waals surface area contributed by atoms with Crippen LogP contribution in [0.25, 0.3) is 0 Å². The molecule has 1 amide bonds. The van der Waals surface area contributed by atoms with Gasteiger partial charge in [-0.05, 0) is 31.4 Å². The first kappa shape index (κ1) is 14.4. The molecule has 4 nitrogen and oxygen atoms in total. The van der Waals surface area contributed by atoms with Gasteiger partial charge in [0.25, 0.3) is 0 Å². The molecule has 2 aliphatic heterocycles. The maximum absolute atomic E-state index is 11.5. The molecule has 0 aliphatic carbocycles. The van der Waals surface area contributed by atoms with Gasteiger partial charge in [0.2, 0.25) is 5.91 Å². The second-order valence-corrected chi connectivity index (χ2v) is 6.04. The standard InChI is InChI=1S/C17H25N3O/c21-17-8-7-16(9-10-18-17)20-12-4-11-19(13-14-20)15-5-2-1-3-6-15/h1-3,5-6,16H,4,7-14H2,(H,18,21)/t16-/m0/s1. The number of hydrogen-bond acceptors (Lipinski definition) is 3. The lowest BCUT2D eigenvalue weighted by atomic mass is 10.1. The molecule has 0 radical (unpaired) electrons. The molecule has 1 aromatic carbocycles. The molecule has 3 rings (SSSR count). The first-order valence-corrected chi connectivity index (χ1v) is 8.14. The van der Waals surface area contributed by atoms with E-state index in [1.165, 1.54) is 12.1 Å². The van der Waals surface area contributed by atoms with Crippen LogP contribution in [0.2, 0.25) is 0 Å². The molecule has 0 unspecified atom stereocenters. The molecule has 4 heteroatoms. The summed E-state index contributed by atoms with van der Waals surface area (Å²) in [6.45, 7) is 5.31. The van der Waals surface area contributed by atoms with Gasteiger partial charge in [-0.2, -0.15) is 0 Å². The number of carbonyl (C=O) groups is 1. The van der Waals surface area contributed by atoms with Crippen molar-refractivity contribution >= 4 is 11.6 Å². The lowest BCUT2D eigenvalue weighted by molar-refractivity contribution is -0.120. The fourth-order valence-corrected chi connectivity index (χ4v) is 3.47. The van der Waals surface area contributed by atoms with Crippen LogP contribution in [0.1, 0.15) is 25.7 Å². The molecular formula is C17H25N3O. The average molecular weight is 287 g/mol. The molecule has 0 aromatic heterocycles. The first-order valence-electron chi connectivity index (χ1n) is 8.14. The Hall–Kier alpha value is -1.55. The van der Waals surface area contributed by atoms with E-state index in [1.807, 2.05) is 0 Å². The van der Waals surface area contributed by atoms with Crippen molar-refractivity contribution in [2.75, 3.05) is 37.6 Å². The number of para-hydroxylation sites is 1. The number of carbonyl (C=O) groups excluding carboxylic acids is 1. The monoisotopic (exact) mass is 287 g/mol. The summed E-state index contributed by atoms with van der Waals surface area (Å²) in [5.41, 5.74) is 1.33. The van der Waals surface area contributed by atoms with E-state index in [1.54, 1.807) is 0 Å². The molecule has 2 aliphatic rings. The number of nitrogens with one attached hydrogen (secondary N) is 1. The molecular weight excluding hydrogens is 262 g/mol. The maximum Gasteiger partial charge on any atom is 0.220 e. The SMILES string of the molecule is O=C1CC[C@H](N2CCCN(c3ccccc3)CC2)CCN1. The summed E-state index contributed by atoms with van der Waals surface area (Å²) >= 11 is 0. The summed E-state index contributed by atoms with van der Waals surface area (Å²) in [6, 6.07) is 11.3. The van der Waals surface area contributed by atoms with Crippen molar-refractivity contribution in [2.24, 2.45) is 0 Å². The van der Waals surface area contributed by atoms with Crippen LogP contribution in [-0.2, 0) is 4.79 Å². The minimum atomic E-state index is 0.221. The Kier molecular flexibility index (Phi) is 4.76. The van der Waals surface area contributed by atoms with E-state index >= 15 is 0 Å². The second kappa shape index (κ2) is 6.94. The van der Waals surface area contributed by atoms with Crippen molar-refractivity contribution in [2.45, 2.75) is 31.7 Å². The van der Waals surface area contributed by atoms with Gasteiger partial charge >= 0.3 is 0 Å². The topological polar surface area (TPSA) is 35.6 Å². The zero-order chi connectivity index (χ0) is 14.5. The minimum Gasteiger partial charge on any atom is -0.370 e. The third kappa shape index (κ3) is 3.76. The Morgan fingerprint density at radius 3 is 2.71 bits per heavy atom. The Balaban J connectivity index is 1.59. The lowest BCUT2D eigenvalue weighted by Crippen LogP contribution is -2.38. The zero-order valence-electron chi connectivity index (χ0n) is 12.6. The Labute approximate surface area is 127 Å². The van der Waals surface area contributed by atoms with Crippen molar-refractivity contribution in [3.8, 4) is 0 Å². The number of rotatable bonds is 2. The molecule has 1 N–H and O–H groups in total. The van der Waals surface area contributed by atoms with Gasteiger partial charge in [0.05, 0.1) is 0 Å². The fraction of sp³-hybridized carbons (Fsp3) is 0.588. The molecule has 0 saturated carbocycles. The molecule has 0 spiro atoms. The molecule has 1 atom stereocenters. The average Bonchev–Trinajstić information content (AvgIpc) is 2.88. The van der Waals surface area contributed by atoms with E-state index < -0.39 is 0 Å². The van der Waals surface area contributed by atoms with E-state index in [9.17, 15) is 4.79 Å². The van der Waals surface area contributed by atoms with Gasteiger partial charge in [-0.1, -0.05) is 18.2 Å².